The van der Waals surface area contributed by atoms with Crippen LogP contribution in [0.5, 0.6) is 0 Å². The molecule has 180 valence electrons. The van der Waals surface area contributed by atoms with Crippen LogP contribution < -0.4 is 16.6 Å². The molecule has 2 aromatic heterocycles. The molecule has 2 heterocycles. The lowest BCUT2D eigenvalue weighted by atomic mass is 10.2. The van der Waals surface area contributed by atoms with Crippen molar-refractivity contribution in [3.8, 4) is 0 Å². The van der Waals surface area contributed by atoms with Crippen molar-refractivity contribution < 1.29 is 14.5 Å². The highest BCUT2D eigenvalue weighted by Gasteiger charge is 2.20. The van der Waals surface area contributed by atoms with E-state index in [1.807, 2.05) is 30.3 Å². The molecule has 4 rings (SSSR count). The van der Waals surface area contributed by atoms with E-state index < -0.39 is 28.6 Å². The number of ether oxygens (including phenoxy) is 1. The molecule has 4 aromatic rings. The standard InChI is InChI=1S/C23H22N6O6/c1-35-11-10-26-15-24-21-20(26)22(31)28(23(32)27(21)13-16-6-3-2-4-7-16)14-19(30)25-17-8-5-9-18(12-17)29(33)34/h2-9,12,15H,10-11,13-14H2,1H3,(H,25,30). The average Bonchev–Trinajstić information content (AvgIpc) is 3.28. The van der Waals surface area contributed by atoms with E-state index in [0.29, 0.717) is 13.2 Å². The highest BCUT2D eigenvalue weighted by molar-refractivity contribution is 5.91. The van der Waals surface area contributed by atoms with Crippen molar-refractivity contribution in [1.82, 2.24) is 18.7 Å². The molecule has 1 amide bonds. The Bertz CT molecular complexity index is 1500. The van der Waals surface area contributed by atoms with E-state index in [9.17, 15) is 24.5 Å². The van der Waals surface area contributed by atoms with Gasteiger partial charge in [-0.2, -0.15) is 0 Å². The maximum absolute atomic E-state index is 13.3. The van der Waals surface area contributed by atoms with Gasteiger partial charge in [-0.25, -0.2) is 14.3 Å². The van der Waals surface area contributed by atoms with Crippen LogP contribution in [-0.2, 0) is 29.2 Å². The number of imidazole rings is 1. The van der Waals surface area contributed by atoms with E-state index in [2.05, 4.69) is 10.3 Å². The largest absolute Gasteiger partial charge is 0.383 e. The number of aromatic nitrogens is 4. The summed E-state index contributed by atoms with van der Waals surface area (Å²) in [6.45, 7) is 0.201. The van der Waals surface area contributed by atoms with Crippen LogP contribution in [-0.4, -0.2) is 43.2 Å². The van der Waals surface area contributed by atoms with Gasteiger partial charge in [0.1, 0.15) is 6.54 Å². The van der Waals surface area contributed by atoms with E-state index in [0.717, 1.165) is 10.1 Å². The number of hydrogen-bond donors (Lipinski definition) is 1. The zero-order valence-electron chi connectivity index (χ0n) is 18.8. The Morgan fingerprint density at radius 1 is 1.11 bits per heavy atom. The number of nitrogens with zero attached hydrogens (tertiary/aromatic N) is 5. The normalized spacial score (nSPS) is 11.0. The number of nitrogens with one attached hydrogen (secondary N) is 1. The molecular weight excluding hydrogens is 456 g/mol. The first-order valence-corrected chi connectivity index (χ1v) is 10.6. The van der Waals surface area contributed by atoms with Crippen molar-refractivity contribution in [2.75, 3.05) is 19.0 Å². The summed E-state index contributed by atoms with van der Waals surface area (Å²) in [7, 11) is 1.53. The van der Waals surface area contributed by atoms with Gasteiger partial charge in [0.05, 0.1) is 24.4 Å². The maximum Gasteiger partial charge on any atom is 0.333 e. The van der Waals surface area contributed by atoms with Crippen molar-refractivity contribution in [3.05, 3.63) is 97.4 Å². The third kappa shape index (κ3) is 5.01. The minimum Gasteiger partial charge on any atom is -0.383 e. The summed E-state index contributed by atoms with van der Waals surface area (Å²) in [5.74, 6) is -0.682. The molecule has 12 heteroatoms. The fraction of sp³-hybridized carbons (Fsp3) is 0.217. The van der Waals surface area contributed by atoms with E-state index in [4.69, 9.17) is 4.74 Å². The number of fused-ring (bicyclic) bond motifs is 1. The maximum atomic E-state index is 13.3. The minimum absolute atomic E-state index is 0.143. The molecule has 0 bridgehead atoms. The van der Waals surface area contributed by atoms with Gasteiger partial charge < -0.3 is 14.6 Å². The molecule has 12 nitrogen and oxygen atoms in total. The van der Waals surface area contributed by atoms with E-state index in [1.165, 1.54) is 42.3 Å². The molecule has 2 aromatic carbocycles. The van der Waals surface area contributed by atoms with E-state index in [-0.39, 0.29) is 29.1 Å². The molecular formula is C23H22N6O6. The second-order valence-electron chi connectivity index (χ2n) is 7.70. The summed E-state index contributed by atoms with van der Waals surface area (Å²) in [6, 6.07) is 14.6. The predicted molar refractivity (Wildman–Crippen MR) is 127 cm³/mol. The fourth-order valence-corrected chi connectivity index (χ4v) is 3.69. The van der Waals surface area contributed by atoms with E-state index in [1.54, 1.807) is 4.57 Å². The van der Waals surface area contributed by atoms with Gasteiger partial charge in [-0.15, -0.1) is 0 Å². The molecule has 0 fully saturated rings. The average molecular weight is 478 g/mol. The zero-order chi connectivity index (χ0) is 24.9. The van der Waals surface area contributed by atoms with Gasteiger partial charge in [0.2, 0.25) is 5.91 Å². The topological polar surface area (TPSA) is 143 Å². The quantitative estimate of drug-likeness (QED) is 0.284. The first-order chi connectivity index (χ1) is 16.9. The summed E-state index contributed by atoms with van der Waals surface area (Å²) in [6.07, 6.45) is 1.46. The Morgan fingerprint density at radius 3 is 2.60 bits per heavy atom. The molecule has 0 saturated carbocycles. The highest BCUT2D eigenvalue weighted by Crippen LogP contribution is 2.17. The lowest BCUT2D eigenvalue weighted by Crippen LogP contribution is -2.43. The van der Waals surface area contributed by atoms with E-state index >= 15 is 0 Å². The SMILES string of the molecule is COCCn1cnc2c1c(=O)n(CC(=O)Nc1cccc([N+](=O)[O-])c1)c(=O)n2Cc1ccccc1. The molecule has 35 heavy (non-hydrogen) atoms. The van der Waals surface area contributed by atoms with Crippen molar-refractivity contribution in [3.63, 3.8) is 0 Å². The minimum atomic E-state index is -0.697. The van der Waals surface area contributed by atoms with Crippen molar-refractivity contribution in [2.24, 2.45) is 0 Å². The Morgan fingerprint density at radius 2 is 1.89 bits per heavy atom. The van der Waals surface area contributed by atoms with Gasteiger partial charge >= 0.3 is 5.69 Å². The third-order valence-corrected chi connectivity index (χ3v) is 5.35. The first kappa shape index (κ1) is 23.6. The van der Waals surface area contributed by atoms with Gasteiger partial charge in [-0.05, 0) is 11.6 Å². The van der Waals surface area contributed by atoms with Gasteiger partial charge in [0, 0.05) is 31.5 Å². The Hall–Kier alpha value is -4.58. The Labute approximate surface area is 198 Å². The summed E-state index contributed by atoms with van der Waals surface area (Å²) >= 11 is 0. The van der Waals surface area contributed by atoms with Crippen molar-refractivity contribution >= 4 is 28.4 Å². The molecule has 0 aliphatic carbocycles. The van der Waals surface area contributed by atoms with Crippen LogP contribution in [0.4, 0.5) is 11.4 Å². The second kappa shape index (κ2) is 10.1. The number of methoxy groups -OCH3 is 1. The Balaban J connectivity index is 1.75. The monoisotopic (exact) mass is 478 g/mol. The van der Waals surface area contributed by atoms with Gasteiger partial charge in [-0.1, -0.05) is 36.4 Å². The zero-order valence-corrected chi connectivity index (χ0v) is 18.8. The molecule has 0 aliphatic rings. The van der Waals surface area contributed by atoms with Crippen LogP contribution in [0.3, 0.4) is 0 Å². The van der Waals surface area contributed by atoms with Crippen LogP contribution in [0.1, 0.15) is 5.56 Å². The number of non-ortho nitro benzene ring substituents is 1. The van der Waals surface area contributed by atoms with Gasteiger partial charge in [0.25, 0.3) is 11.2 Å². The number of anilines is 1. The van der Waals surface area contributed by atoms with Gasteiger partial charge in [-0.3, -0.25) is 24.3 Å². The van der Waals surface area contributed by atoms with Crippen LogP contribution in [0.25, 0.3) is 11.2 Å². The first-order valence-electron chi connectivity index (χ1n) is 10.6. The predicted octanol–water partition coefficient (Wildman–Crippen LogP) is 1.60. The summed E-state index contributed by atoms with van der Waals surface area (Å²) in [5, 5.41) is 13.5. The number of carbonyl (C=O) groups is 1. The van der Waals surface area contributed by atoms with Crippen molar-refractivity contribution in [1.29, 1.82) is 0 Å². The number of amides is 1. The molecule has 0 radical (unpaired) electrons. The van der Waals surface area contributed by atoms with Crippen molar-refractivity contribution in [2.45, 2.75) is 19.6 Å². The number of hydrogen-bond acceptors (Lipinski definition) is 7. The molecule has 0 atom stereocenters. The van der Waals surface area contributed by atoms with Crippen LogP contribution in [0, 0.1) is 10.1 Å². The number of benzene rings is 2. The molecule has 0 spiro atoms. The van der Waals surface area contributed by atoms with Gasteiger partial charge in [0.15, 0.2) is 11.2 Å². The molecule has 0 saturated heterocycles. The third-order valence-electron chi connectivity index (χ3n) is 5.35. The number of carbonyl (C=O) groups excluding carboxylic acids is 1. The number of nitro benzene ring substituents is 1. The molecule has 1 N–H and O–H groups in total. The Kier molecular flexibility index (Phi) is 6.83. The number of nitro groups is 1. The lowest BCUT2D eigenvalue weighted by Gasteiger charge is -2.13. The lowest BCUT2D eigenvalue weighted by molar-refractivity contribution is -0.384. The van der Waals surface area contributed by atoms with Crippen LogP contribution in [0.2, 0.25) is 0 Å². The second-order valence-corrected chi connectivity index (χ2v) is 7.70. The van der Waals surface area contributed by atoms with Crippen LogP contribution >= 0.6 is 0 Å². The smallest absolute Gasteiger partial charge is 0.333 e. The fourth-order valence-electron chi connectivity index (χ4n) is 3.69. The summed E-state index contributed by atoms with van der Waals surface area (Å²) in [4.78, 5) is 54.1. The molecule has 0 unspecified atom stereocenters. The van der Waals surface area contributed by atoms with Crippen LogP contribution in [0.15, 0.2) is 70.5 Å². The number of rotatable bonds is 9. The summed E-state index contributed by atoms with van der Waals surface area (Å²) in [5.41, 5.74) is -0.207. The highest BCUT2D eigenvalue weighted by atomic mass is 16.6. The summed E-state index contributed by atoms with van der Waals surface area (Å²) < 4.78 is 8.86. The molecule has 0 aliphatic heterocycles.